The van der Waals surface area contributed by atoms with Crippen LogP contribution in [0.25, 0.3) is 22.3 Å². The minimum atomic E-state index is -0.531. The van der Waals surface area contributed by atoms with Gasteiger partial charge in [-0.05, 0) is 35.9 Å². The van der Waals surface area contributed by atoms with E-state index in [0.717, 1.165) is 27.7 Å². The molecule has 164 valence electrons. The Morgan fingerprint density at radius 1 is 0.909 bits per heavy atom. The average Bonchev–Trinajstić information content (AvgIpc) is 3.31. The number of anilines is 2. The van der Waals surface area contributed by atoms with E-state index in [9.17, 15) is 9.18 Å². The number of benzene rings is 3. The molecule has 0 unspecified atom stereocenters. The number of H-pyrrole nitrogens is 2. The van der Waals surface area contributed by atoms with Gasteiger partial charge in [-0.2, -0.15) is 0 Å². The Morgan fingerprint density at radius 3 is 2.70 bits per heavy atom. The Morgan fingerprint density at radius 2 is 1.79 bits per heavy atom. The lowest BCUT2D eigenvalue weighted by Gasteiger charge is -2.09. The van der Waals surface area contributed by atoms with Crippen molar-refractivity contribution in [2.45, 2.75) is 13.3 Å². The molecular weight excluding hydrogens is 421 g/mol. The number of fused-ring (bicyclic) bond motifs is 1. The topological polar surface area (TPSA) is 95.7 Å². The fourth-order valence-electron chi connectivity index (χ4n) is 3.61. The van der Waals surface area contributed by atoms with Crippen molar-refractivity contribution in [1.29, 1.82) is 0 Å². The van der Waals surface area contributed by atoms with Crippen molar-refractivity contribution < 1.29 is 9.13 Å². The maximum absolute atomic E-state index is 12.9. The van der Waals surface area contributed by atoms with Crippen molar-refractivity contribution in [3.63, 3.8) is 0 Å². The monoisotopic (exact) mass is 441 g/mol. The third-order valence-electron chi connectivity index (χ3n) is 5.17. The molecule has 3 N–H and O–H groups in total. The predicted molar refractivity (Wildman–Crippen MR) is 125 cm³/mol. The number of ether oxygens (including phenoxy) is 1. The molecule has 5 rings (SSSR count). The van der Waals surface area contributed by atoms with Gasteiger partial charge in [0.05, 0.1) is 0 Å². The van der Waals surface area contributed by atoms with Gasteiger partial charge in [0.1, 0.15) is 19.0 Å². The zero-order valence-corrected chi connectivity index (χ0v) is 17.5. The lowest BCUT2D eigenvalue weighted by atomic mass is 10.1. The number of para-hydroxylation sites is 1. The number of pyridine rings is 1. The first-order valence-corrected chi connectivity index (χ1v) is 10.4. The quantitative estimate of drug-likeness (QED) is 0.326. The third kappa shape index (κ3) is 4.59. The number of aromatic nitrogens is 4. The van der Waals surface area contributed by atoms with E-state index in [0.29, 0.717) is 23.1 Å². The van der Waals surface area contributed by atoms with Gasteiger partial charge < -0.3 is 20.0 Å². The van der Waals surface area contributed by atoms with Crippen LogP contribution >= 0.6 is 0 Å². The highest BCUT2D eigenvalue weighted by atomic mass is 19.1. The summed E-state index contributed by atoms with van der Waals surface area (Å²) in [6, 6.07) is 23.7. The lowest BCUT2D eigenvalue weighted by molar-refractivity contribution is 0.307. The highest BCUT2D eigenvalue weighted by Gasteiger charge is 2.09. The first-order chi connectivity index (χ1) is 16.2. The van der Waals surface area contributed by atoms with Crippen LogP contribution in [0, 0.1) is 0 Å². The molecule has 33 heavy (non-hydrogen) atoms. The molecule has 2 heterocycles. The summed E-state index contributed by atoms with van der Waals surface area (Å²) in [5, 5.41) is 12.3. The summed E-state index contributed by atoms with van der Waals surface area (Å²) in [5.41, 5.74) is 3.51. The van der Waals surface area contributed by atoms with E-state index in [1.54, 1.807) is 24.3 Å². The van der Waals surface area contributed by atoms with Gasteiger partial charge in [-0.25, -0.2) is 4.39 Å². The molecule has 0 saturated heterocycles. The van der Waals surface area contributed by atoms with Gasteiger partial charge in [0.25, 0.3) is 0 Å². The van der Waals surface area contributed by atoms with Gasteiger partial charge in [0, 0.05) is 33.8 Å². The zero-order chi connectivity index (χ0) is 22.6. The molecule has 0 fully saturated rings. The number of hydrogen-bond donors (Lipinski definition) is 3. The van der Waals surface area contributed by atoms with E-state index in [-0.39, 0.29) is 12.2 Å². The van der Waals surface area contributed by atoms with Crippen LogP contribution in [0.4, 0.5) is 16.0 Å². The van der Waals surface area contributed by atoms with Crippen molar-refractivity contribution in [3.05, 3.63) is 100 Å². The van der Waals surface area contributed by atoms with Crippen LogP contribution in [0.3, 0.4) is 0 Å². The second-order valence-electron chi connectivity index (χ2n) is 7.50. The standard InChI is InChI=1S/C25H20FN5O2/c26-14-16-5-3-7-19(11-16)27-25-29-24(30-31-25)17-6-4-8-20(12-17)33-15-18-13-23(32)28-22-10-2-1-9-21(18)22/h1-13H,14-15H2,(H,28,32)(H2,27,29,30,31). The van der Waals surface area contributed by atoms with Crippen molar-refractivity contribution in [2.24, 2.45) is 0 Å². The van der Waals surface area contributed by atoms with E-state index in [4.69, 9.17) is 4.74 Å². The fraction of sp³-hybridized carbons (Fsp3) is 0.0800. The average molecular weight is 441 g/mol. The van der Waals surface area contributed by atoms with Crippen molar-refractivity contribution >= 4 is 22.5 Å². The van der Waals surface area contributed by atoms with Crippen LogP contribution in [0.2, 0.25) is 0 Å². The van der Waals surface area contributed by atoms with E-state index >= 15 is 0 Å². The second kappa shape index (κ2) is 8.96. The van der Waals surface area contributed by atoms with Gasteiger partial charge in [-0.15, -0.1) is 10.2 Å². The van der Waals surface area contributed by atoms with Gasteiger partial charge in [-0.3, -0.25) is 4.79 Å². The Bertz CT molecular complexity index is 1480. The summed E-state index contributed by atoms with van der Waals surface area (Å²) in [5.74, 6) is 1.65. The van der Waals surface area contributed by atoms with Crippen LogP contribution in [-0.2, 0) is 13.3 Å². The SMILES string of the molecule is O=c1cc(COc2cccc(-c3nnc(Nc4cccc(CF)c4)[nH]3)c2)c2ccccc2[nH]1. The molecule has 0 spiro atoms. The zero-order valence-electron chi connectivity index (χ0n) is 17.5. The van der Waals surface area contributed by atoms with E-state index in [1.165, 1.54) is 0 Å². The second-order valence-corrected chi connectivity index (χ2v) is 7.50. The summed E-state index contributed by atoms with van der Waals surface area (Å²) < 4.78 is 18.9. The summed E-state index contributed by atoms with van der Waals surface area (Å²) in [7, 11) is 0. The van der Waals surface area contributed by atoms with Crippen molar-refractivity contribution in [3.8, 4) is 17.1 Å². The van der Waals surface area contributed by atoms with E-state index in [1.807, 2.05) is 54.6 Å². The lowest BCUT2D eigenvalue weighted by Crippen LogP contribution is -2.08. The number of alkyl halides is 1. The number of hydrogen-bond acceptors (Lipinski definition) is 5. The number of halogens is 1. The fourth-order valence-corrected chi connectivity index (χ4v) is 3.61. The molecule has 7 nitrogen and oxygen atoms in total. The Hall–Kier alpha value is -4.46. The van der Waals surface area contributed by atoms with Crippen LogP contribution in [0.1, 0.15) is 11.1 Å². The Balaban J connectivity index is 1.33. The summed E-state index contributed by atoms with van der Waals surface area (Å²) in [4.78, 5) is 17.9. The Labute approximate surface area is 188 Å². The first kappa shape index (κ1) is 20.4. The predicted octanol–water partition coefficient (Wildman–Crippen LogP) is 5.11. The largest absolute Gasteiger partial charge is 0.489 e. The maximum Gasteiger partial charge on any atom is 0.248 e. The normalized spacial score (nSPS) is 10.9. The van der Waals surface area contributed by atoms with Crippen molar-refractivity contribution in [1.82, 2.24) is 20.2 Å². The van der Waals surface area contributed by atoms with Gasteiger partial charge in [-0.1, -0.05) is 42.5 Å². The van der Waals surface area contributed by atoms with E-state index < -0.39 is 6.67 Å². The van der Waals surface area contributed by atoms with E-state index in [2.05, 4.69) is 25.5 Å². The molecule has 0 aliphatic heterocycles. The minimum Gasteiger partial charge on any atom is -0.489 e. The highest BCUT2D eigenvalue weighted by Crippen LogP contribution is 2.24. The van der Waals surface area contributed by atoms with Gasteiger partial charge >= 0.3 is 0 Å². The summed E-state index contributed by atoms with van der Waals surface area (Å²) in [6.45, 7) is -0.279. The molecule has 0 atom stereocenters. The highest BCUT2D eigenvalue weighted by molar-refractivity contribution is 5.81. The summed E-state index contributed by atoms with van der Waals surface area (Å²) in [6.07, 6.45) is 0. The third-order valence-corrected chi connectivity index (χ3v) is 5.17. The molecule has 0 bridgehead atoms. The minimum absolute atomic E-state index is 0.167. The van der Waals surface area contributed by atoms with Gasteiger partial charge in [0.15, 0.2) is 5.82 Å². The van der Waals surface area contributed by atoms with Crippen LogP contribution in [0.5, 0.6) is 5.75 Å². The number of rotatable bonds is 7. The van der Waals surface area contributed by atoms with Crippen LogP contribution in [0.15, 0.2) is 83.7 Å². The molecule has 0 saturated carbocycles. The Kier molecular flexibility index (Phi) is 5.55. The number of nitrogens with one attached hydrogen (secondary N) is 3. The maximum atomic E-state index is 12.9. The molecule has 3 aromatic carbocycles. The van der Waals surface area contributed by atoms with Crippen LogP contribution < -0.4 is 15.6 Å². The van der Waals surface area contributed by atoms with Gasteiger partial charge in [0.2, 0.25) is 11.5 Å². The molecule has 5 aromatic rings. The van der Waals surface area contributed by atoms with Crippen LogP contribution in [-0.4, -0.2) is 20.2 Å². The first-order valence-electron chi connectivity index (χ1n) is 10.4. The summed E-state index contributed by atoms with van der Waals surface area (Å²) >= 11 is 0. The smallest absolute Gasteiger partial charge is 0.248 e. The molecule has 8 heteroatoms. The molecule has 0 aliphatic carbocycles. The molecule has 0 amide bonds. The molecular formula is C25H20FN5O2. The molecule has 0 aliphatic rings. The molecule has 0 radical (unpaired) electrons. The van der Waals surface area contributed by atoms with Crippen molar-refractivity contribution in [2.75, 3.05) is 5.32 Å². The molecule has 2 aromatic heterocycles. The number of aromatic amines is 2. The number of nitrogens with zero attached hydrogens (tertiary/aromatic N) is 2.